The fourth-order valence-electron chi connectivity index (χ4n) is 2.76. The van der Waals surface area contributed by atoms with Crippen molar-refractivity contribution in [1.82, 2.24) is 29.5 Å². The van der Waals surface area contributed by atoms with Crippen molar-refractivity contribution >= 4 is 17.2 Å². The number of hydrogen-bond acceptors (Lipinski definition) is 5. The third kappa shape index (κ3) is 3.79. The maximum atomic E-state index is 12.3. The highest BCUT2D eigenvalue weighted by atomic mass is 16.1. The Balaban J connectivity index is 1.31. The normalized spacial score (nSPS) is 10.9. The molecule has 0 fully saturated rings. The number of pyridine rings is 1. The third-order valence-corrected chi connectivity index (χ3v) is 4.09. The number of anilines is 1. The Morgan fingerprint density at radius 2 is 2.04 bits per heavy atom. The van der Waals surface area contributed by atoms with Gasteiger partial charge in [-0.25, -0.2) is 14.6 Å². The third-order valence-electron chi connectivity index (χ3n) is 4.09. The van der Waals surface area contributed by atoms with Gasteiger partial charge in [0.05, 0.1) is 11.3 Å². The number of hydrogen-bond donors (Lipinski definition) is 2. The smallest absolute Gasteiger partial charge is 0.252 e. The van der Waals surface area contributed by atoms with Gasteiger partial charge in [0.15, 0.2) is 5.82 Å². The molecule has 0 aromatic carbocycles. The number of nitrogens with zero attached hydrogens (tertiary/aromatic N) is 5. The second kappa shape index (κ2) is 7.28. The van der Waals surface area contributed by atoms with E-state index in [1.807, 2.05) is 66.3 Å². The molecule has 2 N–H and O–H groups in total. The standard InChI is InChI=1S/C19H19N7O/c1-14-5-9-26(24-14)18-11-17(22-13-23-18)20-6-7-21-19(27)15-10-16-4-2-3-8-25(16)12-15/h2-5,8-13H,6-7H2,1H3,(H,21,27)(H,20,22,23). The highest BCUT2D eigenvalue weighted by Gasteiger charge is 2.08. The topological polar surface area (TPSA) is 89.1 Å². The fraction of sp³-hybridized carbons (Fsp3) is 0.158. The molecule has 0 unspecified atom stereocenters. The molecule has 4 rings (SSSR count). The number of aryl methyl sites for hydroxylation is 1. The van der Waals surface area contributed by atoms with Crippen LogP contribution in [0.15, 0.2) is 61.3 Å². The first kappa shape index (κ1) is 16.8. The maximum Gasteiger partial charge on any atom is 0.252 e. The van der Waals surface area contributed by atoms with Gasteiger partial charge < -0.3 is 15.0 Å². The number of carbonyl (C=O) groups is 1. The Kier molecular flexibility index (Phi) is 4.52. The number of fused-ring (bicyclic) bond motifs is 1. The second-order valence-electron chi connectivity index (χ2n) is 6.11. The van der Waals surface area contributed by atoms with Crippen molar-refractivity contribution in [2.45, 2.75) is 6.92 Å². The number of nitrogens with one attached hydrogen (secondary N) is 2. The van der Waals surface area contributed by atoms with Crippen LogP contribution in [0.25, 0.3) is 11.3 Å². The van der Waals surface area contributed by atoms with E-state index in [2.05, 4.69) is 25.7 Å². The Morgan fingerprint density at radius 3 is 2.85 bits per heavy atom. The first-order chi connectivity index (χ1) is 13.2. The van der Waals surface area contributed by atoms with Crippen LogP contribution >= 0.6 is 0 Å². The lowest BCUT2D eigenvalue weighted by Gasteiger charge is -2.08. The van der Waals surface area contributed by atoms with Crippen molar-refractivity contribution in [3.05, 3.63) is 72.6 Å². The summed E-state index contributed by atoms with van der Waals surface area (Å²) in [7, 11) is 0. The van der Waals surface area contributed by atoms with Crippen LogP contribution < -0.4 is 10.6 Å². The quantitative estimate of drug-likeness (QED) is 0.513. The summed E-state index contributed by atoms with van der Waals surface area (Å²) in [5.41, 5.74) is 2.55. The molecule has 0 radical (unpaired) electrons. The first-order valence-corrected chi connectivity index (χ1v) is 8.62. The molecule has 8 heteroatoms. The second-order valence-corrected chi connectivity index (χ2v) is 6.11. The van der Waals surface area contributed by atoms with Crippen LogP contribution in [0.1, 0.15) is 16.1 Å². The van der Waals surface area contributed by atoms with Crippen molar-refractivity contribution in [1.29, 1.82) is 0 Å². The number of rotatable bonds is 6. The molecule has 4 aromatic rings. The van der Waals surface area contributed by atoms with E-state index in [9.17, 15) is 4.79 Å². The van der Waals surface area contributed by atoms with E-state index in [0.717, 1.165) is 11.2 Å². The molecule has 0 aliphatic rings. The molecule has 8 nitrogen and oxygen atoms in total. The van der Waals surface area contributed by atoms with E-state index in [1.165, 1.54) is 6.33 Å². The van der Waals surface area contributed by atoms with Gasteiger partial charge in [0.25, 0.3) is 5.91 Å². The molecule has 0 bridgehead atoms. The highest BCUT2D eigenvalue weighted by Crippen LogP contribution is 2.10. The fourth-order valence-corrected chi connectivity index (χ4v) is 2.76. The van der Waals surface area contributed by atoms with Crippen molar-refractivity contribution in [3.8, 4) is 5.82 Å². The van der Waals surface area contributed by atoms with Crippen LogP contribution in [0.2, 0.25) is 0 Å². The van der Waals surface area contributed by atoms with Gasteiger partial charge >= 0.3 is 0 Å². The molecule has 27 heavy (non-hydrogen) atoms. The average Bonchev–Trinajstić information content (AvgIpc) is 3.31. The molecule has 0 aliphatic heterocycles. The summed E-state index contributed by atoms with van der Waals surface area (Å²) in [4.78, 5) is 20.7. The lowest BCUT2D eigenvalue weighted by atomic mass is 10.3. The van der Waals surface area contributed by atoms with Gasteiger partial charge in [-0.1, -0.05) is 6.07 Å². The molecule has 4 aromatic heterocycles. The molecule has 1 amide bonds. The zero-order valence-electron chi connectivity index (χ0n) is 14.8. The van der Waals surface area contributed by atoms with E-state index in [4.69, 9.17) is 0 Å². The predicted octanol–water partition coefficient (Wildman–Crippen LogP) is 2.07. The summed E-state index contributed by atoms with van der Waals surface area (Å²) in [6.07, 6.45) is 7.08. The Hall–Kier alpha value is -3.68. The average molecular weight is 361 g/mol. The lowest BCUT2D eigenvalue weighted by Crippen LogP contribution is -2.28. The number of aromatic nitrogens is 5. The summed E-state index contributed by atoms with van der Waals surface area (Å²) >= 11 is 0. The SMILES string of the molecule is Cc1ccn(-c2cc(NCCNC(=O)c3cc4ccccn4c3)ncn2)n1. The molecule has 0 atom stereocenters. The van der Waals surface area contributed by atoms with Gasteiger partial charge in [-0.15, -0.1) is 0 Å². The minimum atomic E-state index is -0.101. The van der Waals surface area contributed by atoms with Gasteiger partial charge in [0.1, 0.15) is 12.1 Å². The summed E-state index contributed by atoms with van der Waals surface area (Å²) in [5, 5.41) is 10.4. The minimum absolute atomic E-state index is 0.101. The molecule has 4 heterocycles. The molecular weight excluding hydrogens is 342 g/mol. The first-order valence-electron chi connectivity index (χ1n) is 8.62. The number of carbonyl (C=O) groups excluding carboxylic acids is 1. The Labute approximate surface area is 155 Å². The minimum Gasteiger partial charge on any atom is -0.368 e. The number of amides is 1. The zero-order chi connectivity index (χ0) is 18.6. The lowest BCUT2D eigenvalue weighted by molar-refractivity contribution is 0.0955. The summed E-state index contributed by atoms with van der Waals surface area (Å²) < 4.78 is 3.62. The van der Waals surface area contributed by atoms with E-state index >= 15 is 0 Å². The summed E-state index contributed by atoms with van der Waals surface area (Å²) in [5.74, 6) is 1.26. The largest absolute Gasteiger partial charge is 0.368 e. The molecule has 0 spiro atoms. The maximum absolute atomic E-state index is 12.3. The van der Waals surface area contributed by atoms with Crippen molar-refractivity contribution in [2.24, 2.45) is 0 Å². The zero-order valence-corrected chi connectivity index (χ0v) is 14.8. The van der Waals surface area contributed by atoms with Crippen LogP contribution in [0.4, 0.5) is 5.82 Å². The highest BCUT2D eigenvalue weighted by molar-refractivity contribution is 5.95. The Morgan fingerprint density at radius 1 is 1.11 bits per heavy atom. The van der Waals surface area contributed by atoms with Crippen molar-refractivity contribution in [2.75, 3.05) is 18.4 Å². The van der Waals surface area contributed by atoms with Crippen LogP contribution in [-0.4, -0.2) is 43.1 Å². The van der Waals surface area contributed by atoms with Crippen LogP contribution in [0, 0.1) is 6.92 Å². The van der Waals surface area contributed by atoms with E-state index in [1.54, 1.807) is 4.68 Å². The molecular formula is C19H19N7O. The van der Waals surface area contributed by atoms with Crippen LogP contribution in [0.5, 0.6) is 0 Å². The van der Waals surface area contributed by atoms with E-state index in [-0.39, 0.29) is 5.91 Å². The molecule has 0 saturated heterocycles. The monoisotopic (exact) mass is 361 g/mol. The van der Waals surface area contributed by atoms with Gasteiger partial charge in [0, 0.05) is 43.3 Å². The van der Waals surface area contributed by atoms with E-state index < -0.39 is 0 Å². The van der Waals surface area contributed by atoms with Gasteiger partial charge in [-0.05, 0) is 31.2 Å². The van der Waals surface area contributed by atoms with Gasteiger partial charge in [-0.2, -0.15) is 5.10 Å². The van der Waals surface area contributed by atoms with Crippen LogP contribution in [-0.2, 0) is 0 Å². The van der Waals surface area contributed by atoms with Crippen LogP contribution in [0.3, 0.4) is 0 Å². The molecule has 136 valence electrons. The van der Waals surface area contributed by atoms with Gasteiger partial charge in [0.2, 0.25) is 0 Å². The Bertz CT molecular complexity index is 1050. The summed E-state index contributed by atoms with van der Waals surface area (Å²) in [6.45, 7) is 2.95. The predicted molar refractivity (Wildman–Crippen MR) is 102 cm³/mol. The molecule has 0 aliphatic carbocycles. The molecule has 0 saturated carbocycles. The van der Waals surface area contributed by atoms with Gasteiger partial charge in [-0.3, -0.25) is 4.79 Å². The van der Waals surface area contributed by atoms with E-state index in [0.29, 0.717) is 30.3 Å². The van der Waals surface area contributed by atoms with Crippen molar-refractivity contribution < 1.29 is 4.79 Å². The summed E-state index contributed by atoms with van der Waals surface area (Å²) in [6, 6.07) is 11.4. The van der Waals surface area contributed by atoms with Crippen molar-refractivity contribution in [3.63, 3.8) is 0 Å².